The minimum Gasteiger partial charge on any atom is -0.312 e. The van der Waals surface area contributed by atoms with E-state index in [1.165, 1.54) is 23.1 Å². The van der Waals surface area contributed by atoms with Crippen LogP contribution in [0.5, 0.6) is 0 Å². The number of tetrazole rings is 1. The van der Waals surface area contributed by atoms with E-state index >= 15 is 0 Å². The lowest BCUT2D eigenvalue weighted by Gasteiger charge is -2.18. The summed E-state index contributed by atoms with van der Waals surface area (Å²) in [5, 5.41) is 16.0. The van der Waals surface area contributed by atoms with Crippen LogP contribution in [0.2, 0.25) is 0 Å². The van der Waals surface area contributed by atoms with Crippen LogP contribution in [0.1, 0.15) is 31.1 Å². The maximum atomic E-state index is 12.2. The number of benzene rings is 1. The van der Waals surface area contributed by atoms with Crippen molar-refractivity contribution in [2.24, 2.45) is 0 Å². The summed E-state index contributed by atoms with van der Waals surface area (Å²) in [6.07, 6.45) is 1.64. The van der Waals surface area contributed by atoms with Gasteiger partial charge in [-0.25, -0.2) is 9.67 Å². The van der Waals surface area contributed by atoms with E-state index in [2.05, 4.69) is 25.8 Å². The molecule has 0 aliphatic rings. The summed E-state index contributed by atoms with van der Waals surface area (Å²) < 4.78 is 2.51. The minimum atomic E-state index is -0.215. The van der Waals surface area contributed by atoms with Crippen LogP contribution < -0.4 is 5.32 Å². The molecule has 1 aromatic carbocycles. The Morgan fingerprint density at radius 2 is 2.00 bits per heavy atom. The molecule has 2 heterocycles. The Hall–Kier alpha value is -2.26. The first-order chi connectivity index (χ1) is 11.4. The Balaban J connectivity index is 1.71. The highest BCUT2D eigenvalue weighted by Crippen LogP contribution is 2.33. The molecule has 7 nitrogen and oxygen atoms in total. The molecule has 0 aliphatic heterocycles. The Kier molecular flexibility index (Phi) is 4.63. The van der Waals surface area contributed by atoms with Crippen LogP contribution in [0.3, 0.4) is 0 Å². The zero-order chi connectivity index (χ0) is 17.2. The van der Waals surface area contributed by atoms with E-state index < -0.39 is 0 Å². The van der Waals surface area contributed by atoms with E-state index in [-0.39, 0.29) is 11.4 Å². The van der Waals surface area contributed by atoms with E-state index in [4.69, 9.17) is 0 Å². The number of amides is 1. The predicted octanol–water partition coefficient (Wildman–Crippen LogP) is 3.29. The summed E-state index contributed by atoms with van der Waals surface area (Å²) in [6.45, 7) is 6.09. The molecule has 3 rings (SSSR count). The molecule has 9 heteroatoms. The quantitative estimate of drug-likeness (QED) is 0.768. The Morgan fingerprint density at radius 1 is 1.25 bits per heavy atom. The largest absolute Gasteiger partial charge is 0.312 e. The van der Waals surface area contributed by atoms with E-state index in [0.717, 1.165) is 4.34 Å². The highest BCUT2D eigenvalue weighted by molar-refractivity contribution is 8.01. The molecule has 0 bridgehead atoms. The highest BCUT2D eigenvalue weighted by atomic mass is 32.2. The van der Waals surface area contributed by atoms with Gasteiger partial charge in [-0.15, -0.1) is 5.10 Å². The van der Waals surface area contributed by atoms with E-state index in [9.17, 15) is 4.79 Å². The smallest absolute Gasteiger partial charge is 0.256 e. The van der Waals surface area contributed by atoms with Gasteiger partial charge >= 0.3 is 0 Å². The highest BCUT2D eigenvalue weighted by Gasteiger charge is 2.21. The Morgan fingerprint density at radius 3 is 2.71 bits per heavy atom. The molecule has 0 saturated heterocycles. The number of aromatic nitrogens is 5. The number of hydrogen-bond donors (Lipinski definition) is 1. The maximum Gasteiger partial charge on any atom is 0.256 e. The number of carbonyl (C=O) groups is 1. The number of nitrogens with zero attached hydrogens (tertiary/aromatic N) is 5. The number of anilines is 1. The molecule has 1 amide bonds. The fraction of sp³-hybridized carbons (Fsp3) is 0.267. The van der Waals surface area contributed by atoms with Crippen LogP contribution in [-0.4, -0.2) is 31.1 Å². The van der Waals surface area contributed by atoms with Crippen molar-refractivity contribution >= 4 is 34.0 Å². The first kappa shape index (κ1) is 16.6. The number of hydrogen-bond acceptors (Lipinski definition) is 7. The van der Waals surface area contributed by atoms with Gasteiger partial charge < -0.3 is 5.32 Å². The van der Waals surface area contributed by atoms with Gasteiger partial charge in [0.1, 0.15) is 5.00 Å². The second-order valence-corrected chi connectivity index (χ2v) is 8.20. The van der Waals surface area contributed by atoms with E-state index in [1.54, 1.807) is 23.0 Å². The molecule has 2 aromatic heterocycles. The summed E-state index contributed by atoms with van der Waals surface area (Å²) in [6, 6.07) is 9.06. The third kappa shape index (κ3) is 3.80. The van der Waals surface area contributed by atoms with Crippen LogP contribution in [0.25, 0.3) is 0 Å². The van der Waals surface area contributed by atoms with Crippen LogP contribution in [0.4, 0.5) is 5.00 Å². The molecule has 124 valence electrons. The number of thiazole rings is 1. The average Bonchev–Trinajstić information content (AvgIpc) is 3.18. The van der Waals surface area contributed by atoms with Gasteiger partial charge in [-0.1, -0.05) is 29.5 Å². The summed E-state index contributed by atoms with van der Waals surface area (Å²) in [7, 11) is 0. The van der Waals surface area contributed by atoms with Crippen molar-refractivity contribution in [3.8, 4) is 0 Å². The molecular weight excluding hydrogens is 344 g/mol. The molecule has 0 spiro atoms. The fourth-order valence-corrected chi connectivity index (χ4v) is 3.82. The Bertz CT molecular complexity index is 837. The van der Waals surface area contributed by atoms with Crippen LogP contribution in [-0.2, 0) is 5.54 Å². The monoisotopic (exact) mass is 360 g/mol. The molecule has 0 aliphatic carbocycles. The third-order valence-electron chi connectivity index (χ3n) is 3.01. The zero-order valence-electron chi connectivity index (χ0n) is 13.4. The minimum absolute atomic E-state index is 0.157. The number of nitrogens with one attached hydrogen (secondary N) is 1. The van der Waals surface area contributed by atoms with Gasteiger partial charge in [-0.3, -0.25) is 4.79 Å². The van der Waals surface area contributed by atoms with Gasteiger partial charge in [0.2, 0.25) is 5.16 Å². The number of rotatable bonds is 4. The van der Waals surface area contributed by atoms with E-state index in [0.29, 0.717) is 15.7 Å². The van der Waals surface area contributed by atoms with Gasteiger partial charge in [0.15, 0.2) is 4.34 Å². The van der Waals surface area contributed by atoms with Crippen LogP contribution >= 0.6 is 23.1 Å². The topological polar surface area (TPSA) is 85.6 Å². The van der Waals surface area contributed by atoms with Crippen LogP contribution in [0, 0.1) is 0 Å². The molecule has 0 atom stereocenters. The molecular formula is C15H16N6OS2. The molecule has 3 aromatic rings. The van der Waals surface area contributed by atoms with Crippen molar-refractivity contribution in [1.82, 2.24) is 25.2 Å². The van der Waals surface area contributed by atoms with Crippen molar-refractivity contribution in [3.05, 3.63) is 42.1 Å². The summed E-state index contributed by atoms with van der Waals surface area (Å²) >= 11 is 2.76. The second-order valence-electron chi connectivity index (χ2n) is 5.96. The number of carbonyl (C=O) groups excluding carboxylic acids is 1. The molecule has 0 unspecified atom stereocenters. The van der Waals surface area contributed by atoms with Gasteiger partial charge in [0.05, 0.1) is 11.7 Å². The van der Waals surface area contributed by atoms with Crippen molar-refractivity contribution in [2.75, 3.05) is 5.32 Å². The lowest BCUT2D eigenvalue weighted by atomic mass is 10.1. The normalized spacial score (nSPS) is 11.5. The van der Waals surface area contributed by atoms with Gasteiger partial charge in [0, 0.05) is 5.56 Å². The van der Waals surface area contributed by atoms with Gasteiger partial charge in [-0.05, 0) is 55.1 Å². The summed E-state index contributed by atoms with van der Waals surface area (Å²) in [5.74, 6) is -0.157. The average molecular weight is 360 g/mol. The molecule has 0 radical (unpaired) electrons. The Labute approximate surface area is 147 Å². The molecule has 0 saturated carbocycles. The lowest BCUT2D eigenvalue weighted by Crippen LogP contribution is -2.24. The molecule has 24 heavy (non-hydrogen) atoms. The van der Waals surface area contributed by atoms with Gasteiger partial charge in [0.25, 0.3) is 5.91 Å². The first-order valence-corrected chi connectivity index (χ1v) is 8.86. The van der Waals surface area contributed by atoms with Crippen molar-refractivity contribution in [3.63, 3.8) is 0 Å². The summed E-state index contributed by atoms with van der Waals surface area (Å²) in [5.41, 5.74) is 0.393. The predicted molar refractivity (Wildman–Crippen MR) is 93.4 cm³/mol. The van der Waals surface area contributed by atoms with Crippen molar-refractivity contribution in [2.45, 2.75) is 35.8 Å². The first-order valence-electron chi connectivity index (χ1n) is 7.22. The standard InChI is InChI=1S/C15H16N6OS2/c1-15(2,3)21-13(18-19-20-21)24-14-16-9-11(23-14)17-12(22)10-7-5-4-6-8-10/h4-9H,1-3H3,(H,17,22). The van der Waals surface area contributed by atoms with Crippen molar-refractivity contribution in [1.29, 1.82) is 0 Å². The zero-order valence-corrected chi connectivity index (χ0v) is 15.1. The SMILES string of the molecule is CC(C)(C)n1nnnc1Sc1ncc(NC(=O)c2ccccc2)s1. The third-order valence-corrected chi connectivity index (χ3v) is 4.94. The van der Waals surface area contributed by atoms with E-state index in [1.807, 2.05) is 39.0 Å². The van der Waals surface area contributed by atoms with Gasteiger partial charge in [-0.2, -0.15) is 0 Å². The molecule has 0 fully saturated rings. The fourth-order valence-electron chi connectivity index (χ4n) is 1.88. The lowest BCUT2D eigenvalue weighted by molar-refractivity contribution is 0.102. The maximum absolute atomic E-state index is 12.2. The summed E-state index contributed by atoms with van der Waals surface area (Å²) in [4.78, 5) is 16.5. The second kappa shape index (κ2) is 6.70. The van der Waals surface area contributed by atoms with Crippen molar-refractivity contribution < 1.29 is 4.79 Å². The van der Waals surface area contributed by atoms with Crippen LogP contribution in [0.15, 0.2) is 46.0 Å². The molecule has 1 N–H and O–H groups in total.